The maximum absolute atomic E-state index is 12.5. The Kier molecular flexibility index (Phi) is 5.37. The van der Waals surface area contributed by atoms with Crippen molar-refractivity contribution >= 4 is 10.0 Å². The molecule has 0 spiro atoms. The van der Waals surface area contributed by atoms with E-state index < -0.39 is 10.0 Å². The third-order valence-electron chi connectivity index (χ3n) is 3.95. The fourth-order valence-corrected chi connectivity index (χ4v) is 4.01. The monoisotopic (exact) mass is 312 g/mol. The van der Waals surface area contributed by atoms with Crippen molar-refractivity contribution < 1.29 is 13.2 Å². The molecule has 21 heavy (non-hydrogen) atoms. The number of hydrogen-bond acceptors (Lipinski definition) is 4. The summed E-state index contributed by atoms with van der Waals surface area (Å²) in [6.45, 7) is 4.92. The highest BCUT2D eigenvalue weighted by atomic mass is 32.2. The summed E-state index contributed by atoms with van der Waals surface area (Å²) in [5.41, 5.74) is 7.67. The molecule has 2 atom stereocenters. The van der Waals surface area contributed by atoms with E-state index in [0.29, 0.717) is 13.2 Å². The standard InChI is InChI=1S/C15H24N2O3S/c1-3-12-6-7-14(9-13(12)10-16)21(18,19)17-11(2)15-5-4-8-20-15/h6-7,9,11,15,17H,3-5,8,10,16H2,1-2H3. The minimum atomic E-state index is -3.54. The number of aryl methyl sites for hydroxylation is 1. The molecule has 0 bridgehead atoms. The number of rotatable bonds is 6. The summed E-state index contributed by atoms with van der Waals surface area (Å²) < 4.78 is 33.2. The van der Waals surface area contributed by atoms with Gasteiger partial charge in [0.15, 0.2) is 0 Å². The van der Waals surface area contributed by atoms with Crippen molar-refractivity contribution in [2.45, 2.75) is 56.7 Å². The molecule has 0 radical (unpaired) electrons. The van der Waals surface area contributed by atoms with Gasteiger partial charge >= 0.3 is 0 Å². The Labute approximate surface area is 126 Å². The summed E-state index contributed by atoms with van der Waals surface area (Å²) >= 11 is 0. The smallest absolute Gasteiger partial charge is 0.240 e. The average molecular weight is 312 g/mol. The van der Waals surface area contributed by atoms with Crippen molar-refractivity contribution in [2.24, 2.45) is 5.73 Å². The lowest BCUT2D eigenvalue weighted by Gasteiger charge is -2.20. The minimum absolute atomic E-state index is 0.0383. The molecule has 6 heteroatoms. The first-order valence-electron chi connectivity index (χ1n) is 7.43. The highest BCUT2D eigenvalue weighted by molar-refractivity contribution is 7.89. The van der Waals surface area contributed by atoms with Crippen LogP contribution in [0, 0.1) is 0 Å². The molecule has 1 aromatic rings. The van der Waals surface area contributed by atoms with Gasteiger partial charge in [-0.2, -0.15) is 0 Å². The van der Waals surface area contributed by atoms with Crippen molar-refractivity contribution in [2.75, 3.05) is 6.61 Å². The Hall–Kier alpha value is -0.950. The van der Waals surface area contributed by atoms with Crippen LogP contribution in [0.4, 0.5) is 0 Å². The molecule has 1 heterocycles. The Morgan fingerprint density at radius 3 is 2.76 bits per heavy atom. The van der Waals surface area contributed by atoms with Crippen LogP contribution < -0.4 is 10.5 Å². The van der Waals surface area contributed by atoms with Crippen LogP contribution in [0.3, 0.4) is 0 Å². The Balaban J connectivity index is 2.18. The van der Waals surface area contributed by atoms with Gasteiger partial charge in [-0.3, -0.25) is 0 Å². The van der Waals surface area contributed by atoms with Crippen LogP contribution in [0.15, 0.2) is 23.1 Å². The fraction of sp³-hybridized carbons (Fsp3) is 0.600. The van der Waals surface area contributed by atoms with Crippen LogP contribution >= 0.6 is 0 Å². The molecule has 3 N–H and O–H groups in total. The first kappa shape index (κ1) is 16.4. The molecule has 1 aliphatic heterocycles. The van der Waals surface area contributed by atoms with Crippen molar-refractivity contribution in [3.05, 3.63) is 29.3 Å². The second kappa shape index (κ2) is 6.87. The van der Waals surface area contributed by atoms with E-state index in [1.807, 2.05) is 19.9 Å². The quantitative estimate of drug-likeness (QED) is 0.835. The lowest BCUT2D eigenvalue weighted by atomic mass is 10.1. The first-order chi connectivity index (χ1) is 9.97. The van der Waals surface area contributed by atoms with Gasteiger partial charge in [0.25, 0.3) is 0 Å². The third kappa shape index (κ3) is 3.83. The molecule has 118 valence electrons. The zero-order valence-electron chi connectivity index (χ0n) is 12.6. The molecule has 1 aliphatic rings. The van der Waals surface area contributed by atoms with Crippen LogP contribution in [0.5, 0.6) is 0 Å². The maximum Gasteiger partial charge on any atom is 0.240 e. The molecular weight excluding hydrogens is 288 g/mol. The number of sulfonamides is 1. The largest absolute Gasteiger partial charge is 0.377 e. The molecule has 1 saturated heterocycles. The molecule has 0 aromatic heterocycles. The molecule has 2 rings (SSSR count). The average Bonchev–Trinajstić information content (AvgIpc) is 3.00. The maximum atomic E-state index is 12.5. The summed E-state index contributed by atoms with van der Waals surface area (Å²) in [7, 11) is -3.54. The van der Waals surface area contributed by atoms with Gasteiger partial charge in [-0.05, 0) is 49.4 Å². The van der Waals surface area contributed by atoms with Crippen LogP contribution in [0.1, 0.15) is 37.8 Å². The predicted molar refractivity (Wildman–Crippen MR) is 82.5 cm³/mol. The number of nitrogens with two attached hydrogens (primary N) is 1. The van der Waals surface area contributed by atoms with Crippen LogP contribution in [-0.2, 0) is 27.7 Å². The lowest BCUT2D eigenvalue weighted by Crippen LogP contribution is -2.40. The summed E-state index contributed by atoms with van der Waals surface area (Å²) in [4.78, 5) is 0.269. The zero-order chi connectivity index (χ0) is 15.5. The second-order valence-corrected chi connectivity index (χ2v) is 7.16. The Morgan fingerprint density at radius 2 is 2.19 bits per heavy atom. The molecule has 0 amide bonds. The van der Waals surface area contributed by atoms with E-state index in [9.17, 15) is 8.42 Å². The van der Waals surface area contributed by atoms with Crippen molar-refractivity contribution in [3.8, 4) is 0 Å². The second-order valence-electron chi connectivity index (χ2n) is 5.45. The van der Waals surface area contributed by atoms with E-state index in [1.165, 1.54) is 0 Å². The van der Waals surface area contributed by atoms with Gasteiger partial charge in [-0.15, -0.1) is 0 Å². The lowest BCUT2D eigenvalue weighted by molar-refractivity contribution is 0.0902. The van der Waals surface area contributed by atoms with Gasteiger partial charge in [0.1, 0.15) is 0 Å². The minimum Gasteiger partial charge on any atom is -0.377 e. The zero-order valence-corrected chi connectivity index (χ0v) is 13.4. The van der Waals surface area contributed by atoms with Gasteiger partial charge in [0, 0.05) is 19.2 Å². The van der Waals surface area contributed by atoms with Gasteiger partial charge in [0.05, 0.1) is 11.0 Å². The van der Waals surface area contributed by atoms with Crippen LogP contribution in [0.2, 0.25) is 0 Å². The summed E-state index contributed by atoms with van der Waals surface area (Å²) in [6.07, 6.45) is 2.68. The summed E-state index contributed by atoms with van der Waals surface area (Å²) in [5, 5.41) is 0. The molecule has 1 aromatic carbocycles. The van der Waals surface area contributed by atoms with Crippen LogP contribution in [-0.4, -0.2) is 27.2 Å². The van der Waals surface area contributed by atoms with Gasteiger partial charge in [0.2, 0.25) is 10.0 Å². The molecule has 1 fully saturated rings. The van der Waals surface area contributed by atoms with E-state index in [-0.39, 0.29) is 17.0 Å². The first-order valence-corrected chi connectivity index (χ1v) is 8.92. The predicted octanol–water partition coefficient (Wildman–Crippen LogP) is 1.55. The molecular formula is C15H24N2O3S. The summed E-state index contributed by atoms with van der Waals surface area (Å²) in [6, 6.07) is 4.92. The van der Waals surface area contributed by atoms with Gasteiger partial charge in [-0.25, -0.2) is 13.1 Å². The summed E-state index contributed by atoms with van der Waals surface area (Å²) in [5.74, 6) is 0. The number of ether oxygens (including phenoxy) is 1. The highest BCUT2D eigenvalue weighted by Gasteiger charge is 2.27. The van der Waals surface area contributed by atoms with Crippen molar-refractivity contribution in [1.29, 1.82) is 0 Å². The fourth-order valence-electron chi connectivity index (χ4n) is 2.69. The van der Waals surface area contributed by atoms with E-state index >= 15 is 0 Å². The van der Waals surface area contributed by atoms with Gasteiger partial charge in [-0.1, -0.05) is 13.0 Å². The number of hydrogen-bond donors (Lipinski definition) is 2. The highest BCUT2D eigenvalue weighted by Crippen LogP contribution is 2.20. The Bertz CT molecular complexity index is 581. The van der Waals surface area contributed by atoms with Gasteiger partial charge < -0.3 is 10.5 Å². The van der Waals surface area contributed by atoms with E-state index in [0.717, 1.165) is 30.4 Å². The molecule has 0 aliphatic carbocycles. The van der Waals surface area contributed by atoms with E-state index in [2.05, 4.69) is 4.72 Å². The normalized spacial score (nSPS) is 20.6. The van der Waals surface area contributed by atoms with E-state index in [1.54, 1.807) is 12.1 Å². The van der Waals surface area contributed by atoms with Crippen molar-refractivity contribution in [1.82, 2.24) is 4.72 Å². The Morgan fingerprint density at radius 1 is 1.43 bits per heavy atom. The topological polar surface area (TPSA) is 81.4 Å². The molecule has 2 unspecified atom stereocenters. The number of nitrogens with one attached hydrogen (secondary N) is 1. The van der Waals surface area contributed by atoms with Crippen LogP contribution in [0.25, 0.3) is 0 Å². The molecule has 5 nitrogen and oxygen atoms in total. The van der Waals surface area contributed by atoms with Crippen molar-refractivity contribution in [3.63, 3.8) is 0 Å². The van der Waals surface area contributed by atoms with E-state index in [4.69, 9.17) is 10.5 Å². The molecule has 0 saturated carbocycles. The SMILES string of the molecule is CCc1ccc(S(=O)(=O)NC(C)C2CCCO2)cc1CN. The number of benzene rings is 1. The third-order valence-corrected chi connectivity index (χ3v) is 5.51.